The summed E-state index contributed by atoms with van der Waals surface area (Å²) in [5.41, 5.74) is 7.29. The summed E-state index contributed by atoms with van der Waals surface area (Å²) in [5, 5.41) is 9.32. The highest BCUT2D eigenvalue weighted by atomic mass is 16.5. The van der Waals surface area contributed by atoms with E-state index in [-0.39, 0.29) is 17.2 Å². The maximum atomic E-state index is 11.4. The third-order valence-corrected chi connectivity index (χ3v) is 3.04. The van der Waals surface area contributed by atoms with Crippen molar-refractivity contribution in [2.24, 2.45) is 0 Å². The lowest BCUT2D eigenvalue weighted by molar-refractivity contribution is 0.0689. The zero-order valence-electron chi connectivity index (χ0n) is 12.1. The number of carbonyl (C=O) groups is 1. The van der Waals surface area contributed by atoms with Gasteiger partial charge in [0.25, 0.3) is 0 Å². The molecule has 0 saturated heterocycles. The van der Waals surface area contributed by atoms with Crippen LogP contribution in [0.15, 0.2) is 24.3 Å². The third kappa shape index (κ3) is 3.28. The van der Waals surface area contributed by atoms with Crippen molar-refractivity contribution in [3.05, 3.63) is 46.8 Å². The fourth-order valence-electron chi connectivity index (χ4n) is 2.12. The molecule has 0 aliphatic rings. The van der Waals surface area contributed by atoms with Crippen LogP contribution in [0.5, 0.6) is 5.75 Å². The zero-order valence-corrected chi connectivity index (χ0v) is 12.1. The summed E-state index contributed by atoms with van der Waals surface area (Å²) in [5.74, 6) is -0.414. The first-order valence-electron chi connectivity index (χ1n) is 6.49. The summed E-state index contributed by atoms with van der Waals surface area (Å²) in [6.07, 6.45) is -0.554. The van der Waals surface area contributed by atoms with Crippen molar-refractivity contribution >= 4 is 11.9 Å². The van der Waals surface area contributed by atoms with Gasteiger partial charge in [-0.05, 0) is 38.5 Å². The molecular weight excluding hydrogens is 270 g/mol. The molecule has 0 amide bonds. The number of benzene rings is 1. The molecule has 0 saturated carbocycles. The first kappa shape index (κ1) is 14.8. The van der Waals surface area contributed by atoms with Crippen LogP contribution in [0, 0.1) is 13.8 Å². The molecule has 6 nitrogen and oxygen atoms in total. The molecule has 3 N–H and O–H groups in total. The van der Waals surface area contributed by atoms with Crippen LogP contribution >= 0.6 is 0 Å². The van der Waals surface area contributed by atoms with Crippen LogP contribution in [0.3, 0.4) is 0 Å². The highest BCUT2D eigenvalue weighted by Crippen LogP contribution is 2.25. The largest absolute Gasteiger partial charge is 0.484 e. The van der Waals surface area contributed by atoms with Gasteiger partial charge in [-0.1, -0.05) is 12.1 Å². The Morgan fingerprint density at radius 1 is 1.33 bits per heavy atom. The number of carboxylic acids is 1. The Kier molecular flexibility index (Phi) is 4.07. The quantitative estimate of drug-likeness (QED) is 0.896. The van der Waals surface area contributed by atoms with Crippen molar-refractivity contribution in [3.8, 4) is 5.75 Å². The van der Waals surface area contributed by atoms with Crippen LogP contribution in [0.1, 0.15) is 40.3 Å². The minimum Gasteiger partial charge on any atom is -0.484 e. The highest BCUT2D eigenvalue weighted by Gasteiger charge is 2.22. The maximum absolute atomic E-state index is 11.4. The van der Waals surface area contributed by atoms with E-state index < -0.39 is 12.1 Å². The fourth-order valence-corrected chi connectivity index (χ4v) is 2.12. The van der Waals surface area contributed by atoms with Crippen molar-refractivity contribution in [1.29, 1.82) is 0 Å². The third-order valence-electron chi connectivity index (χ3n) is 3.04. The van der Waals surface area contributed by atoms with E-state index >= 15 is 0 Å². The molecule has 0 spiro atoms. The summed E-state index contributed by atoms with van der Waals surface area (Å²) in [6.45, 7) is 5.27. The molecule has 0 radical (unpaired) electrons. The molecule has 1 heterocycles. The van der Waals surface area contributed by atoms with Crippen molar-refractivity contribution in [2.75, 3.05) is 5.73 Å². The number of nitrogen functional groups attached to an aromatic ring is 1. The van der Waals surface area contributed by atoms with Crippen LogP contribution < -0.4 is 10.5 Å². The van der Waals surface area contributed by atoms with Crippen LogP contribution in [-0.2, 0) is 0 Å². The molecule has 1 unspecified atom stereocenters. The van der Waals surface area contributed by atoms with Crippen molar-refractivity contribution in [3.63, 3.8) is 0 Å². The maximum Gasteiger partial charge on any atom is 0.339 e. The van der Waals surface area contributed by atoms with E-state index in [0.717, 1.165) is 5.56 Å². The second-order valence-electron chi connectivity index (χ2n) is 4.81. The summed E-state index contributed by atoms with van der Waals surface area (Å²) in [6, 6.07) is 7.50. The average molecular weight is 287 g/mol. The van der Waals surface area contributed by atoms with Crippen molar-refractivity contribution in [1.82, 2.24) is 9.97 Å². The molecule has 0 bridgehead atoms. The molecule has 0 aliphatic heterocycles. The average Bonchev–Trinajstić information content (AvgIpc) is 2.37. The number of hydrogen-bond acceptors (Lipinski definition) is 5. The number of ether oxygens (including phenoxy) is 1. The standard InChI is InChI=1S/C15H17N3O3/c1-8-5-4-6-11(7-8)21-10(3)13-12(14(19)20)9(2)17-15(16)18-13/h4-7,10H,1-3H3,(H,19,20)(H2,16,17,18). The Morgan fingerprint density at radius 2 is 2.05 bits per heavy atom. The van der Waals surface area contributed by atoms with Crippen LogP contribution in [-0.4, -0.2) is 21.0 Å². The number of anilines is 1. The van der Waals surface area contributed by atoms with Gasteiger partial charge in [-0.2, -0.15) is 0 Å². The zero-order chi connectivity index (χ0) is 15.6. The van der Waals surface area contributed by atoms with Crippen LogP contribution in [0.4, 0.5) is 5.95 Å². The molecule has 0 fully saturated rings. The molecule has 0 aliphatic carbocycles. The minimum absolute atomic E-state index is 0.0318. The molecule has 1 aromatic carbocycles. The van der Waals surface area contributed by atoms with E-state index in [1.54, 1.807) is 19.9 Å². The summed E-state index contributed by atoms with van der Waals surface area (Å²) in [7, 11) is 0. The normalized spacial score (nSPS) is 12.0. The number of nitrogens with zero attached hydrogens (tertiary/aromatic N) is 2. The van der Waals surface area contributed by atoms with E-state index in [0.29, 0.717) is 11.4 Å². The monoisotopic (exact) mass is 287 g/mol. The van der Waals surface area contributed by atoms with Gasteiger partial charge in [0.05, 0.1) is 5.69 Å². The molecule has 6 heteroatoms. The number of nitrogens with two attached hydrogens (primary N) is 1. The topological polar surface area (TPSA) is 98.3 Å². The Balaban J connectivity index is 2.39. The molecule has 2 aromatic rings. The fraction of sp³-hybridized carbons (Fsp3) is 0.267. The number of carboxylic acid groups (broad SMARTS) is 1. The minimum atomic E-state index is -1.10. The van der Waals surface area contributed by atoms with Gasteiger partial charge >= 0.3 is 5.97 Å². The highest BCUT2D eigenvalue weighted by molar-refractivity contribution is 5.90. The van der Waals surface area contributed by atoms with Gasteiger partial charge in [-0.15, -0.1) is 0 Å². The van der Waals surface area contributed by atoms with E-state index in [1.165, 1.54) is 0 Å². The molecule has 110 valence electrons. The Hall–Kier alpha value is -2.63. The van der Waals surface area contributed by atoms with Gasteiger partial charge in [0, 0.05) is 0 Å². The predicted molar refractivity (Wildman–Crippen MR) is 78.4 cm³/mol. The van der Waals surface area contributed by atoms with E-state index in [9.17, 15) is 9.90 Å². The van der Waals surface area contributed by atoms with Gasteiger partial charge in [0.2, 0.25) is 5.95 Å². The SMILES string of the molecule is Cc1cccc(OC(C)c2nc(N)nc(C)c2C(=O)O)c1. The van der Waals surface area contributed by atoms with Crippen LogP contribution in [0.2, 0.25) is 0 Å². The second kappa shape index (κ2) is 5.78. The van der Waals surface area contributed by atoms with Crippen LogP contribution in [0.25, 0.3) is 0 Å². The van der Waals surface area contributed by atoms with E-state index in [1.807, 2.05) is 25.1 Å². The summed E-state index contributed by atoms with van der Waals surface area (Å²) in [4.78, 5) is 19.3. The van der Waals surface area contributed by atoms with Gasteiger partial charge in [0.1, 0.15) is 23.1 Å². The second-order valence-corrected chi connectivity index (χ2v) is 4.81. The molecule has 2 rings (SSSR count). The lowest BCUT2D eigenvalue weighted by Gasteiger charge is -2.17. The van der Waals surface area contributed by atoms with E-state index in [4.69, 9.17) is 10.5 Å². The molecule has 1 aromatic heterocycles. The lowest BCUT2D eigenvalue weighted by Crippen LogP contribution is -2.17. The summed E-state index contributed by atoms with van der Waals surface area (Å²) >= 11 is 0. The predicted octanol–water partition coefficient (Wildman–Crippen LogP) is 2.51. The van der Waals surface area contributed by atoms with E-state index in [2.05, 4.69) is 9.97 Å². The van der Waals surface area contributed by atoms with Crippen molar-refractivity contribution < 1.29 is 14.6 Å². The van der Waals surface area contributed by atoms with Gasteiger partial charge < -0.3 is 15.6 Å². The Bertz CT molecular complexity index is 686. The summed E-state index contributed by atoms with van der Waals surface area (Å²) < 4.78 is 5.77. The first-order chi connectivity index (χ1) is 9.88. The van der Waals surface area contributed by atoms with Gasteiger partial charge in [0.15, 0.2) is 0 Å². The number of rotatable bonds is 4. The van der Waals surface area contributed by atoms with Gasteiger partial charge in [-0.3, -0.25) is 0 Å². The number of hydrogen-bond donors (Lipinski definition) is 2. The Labute approximate surface area is 122 Å². The number of aryl methyl sites for hydroxylation is 2. The molecular formula is C15H17N3O3. The number of aromatic carboxylic acids is 1. The Morgan fingerprint density at radius 3 is 2.67 bits per heavy atom. The van der Waals surface area contributed by atoms with Crippen molar-refractivity contribution in [2.45, 2.75) is 26.9 Å². The smallest absolute Gasteiger partial charge is 0.339 e. The molecule has 21 heavy (non-hydrogen) atoms. The lowest BCUT2D eigenvalue weighted by atomic mass is 10.1. The first-order valence-corrected chi connectivity index (χ1v) is 6.49. The molecule has 1 atom stereocenters. The number of aromatic nitrogens is 2. The van der Waals surface area contributed by atoms with Gasteiger partial charge in [-0.25, -0.2) is 14.8 Å².